The summed E-state index contributed by atoms with van der Waals surface area (Å²) in [5.41, 5.74) is 3.89. The Bertz CT molecular complexity index is 920. The number of carbonyl (C=O) groups excluding carboxylic acids is 1. The number of amides is 1. The van der Waals surface area contributed by atoms with Crippen LogP contribution in [-0.4, -0.2) is 35.3 Å². The molecule has 0 atom stereocenters. The highest BCUT2D eigenvalue weighted by atomic mass is 35.5. The maximum atomic E-state index is 12.2. The monoisotopic (exact) mass is 400 g/mol. The zero-order valence-electron chi connectivity index (χ0n) is 15.4. The van der Waals surface area contributed by atoms with Crippen molar-refractivity contribution in [2.45, 2.75) is 5.16 Å². The topological polar surface area (TPSA) is 50.2 Å². The number of imidazole rings is 1. The van der Waals surface area contributed by atoms with E-state index in [2.05, 4.69) is 10.3 Å². The van der Waals surface area contributed by atoms with Gasteiger partial charge in [0.15, 0.2) is 5.16 Å². The highest BCUT2D eigenvalue weighted by molar-refractivity contribution is 7.99. The first-order chi connectivity index (χ1) is 12.9. The van der Waals surface area contributed by atoms with Gasteiger partial charge < -0.3 is 14.8 Å². The lowest BCUT2D eigenvalue weighted by molar-refractivity contribution is -0.113. The van der Waals surface area contributed by atoms with Crippen LogP contribution in [0.5, 0.6) is 0 Å². The van der Waals surface area contributed by atoms with E-state index in [1.54, 1.807) is 0 Å². The second-order valence-electron chi connectivity index (χ2n) is 6.27. The summed E-state index contributed by atoms with van der Waals surface area (Å²) >= 11 is 7.35. The van der Waals surface area contributed by atoms with Crippen LogP contribution in [0.15, 0.2) is 59.9 Å². The van der Waals surface area contributed by atoms with Crippen molar-refractivity contribution in [2.75, 3.05) is 30.1 Å². The molecule has 5 nitrogen and oxygen atoms in total. The van der Waals surface area contributed by atoms with Crippen LogP contribution in [0.25, 0.3) is 11.3 Å². The van der Waals surface area contributed by atoms with Gasteiger partial charge in [-0.1, -0.05) is 35.5 Å². The molecule has 7 heteroatoms. The molecule has 3 rings (SSSR count). The van der Waals surface area contributed by atoms with Gasteiger partial charge in [-0.3, -0.25) is 4.79 Å². The first kappa shape index (κ1) is 19.3. The van der Waals surface area contributed by atoms with Gasteiger partial charge in [-0.2, -0.15) is 0 Å². The van der Waals surface area contributed by atoms with E-state index in [-0.39, 0.29) is 5.91 Å². The van der Waals surface area contributed by atoms with E-state index in [4.69, 9.17) is 11.6 Å². The number of aromatic nitrogens is 2. The molecule has 0 aliphatic rings. The van der Waals surface area contributed by atoms with Gasteiger partial charge in [0.25, 0.3) is 0 Å². The number of benzene rings is 2. The number of anilines is 2. The SMILES string of the molecule is CN(C)c1ccc(NC(=O)CSc2ncc(-c3ccc(Cl)cc3)n2C)cc1. The summed E-state index contributed by atoms with van der Waals surface area (Å²) < 4.78 is 1.98. The Hall–Kier alpha value is -2.44. The minimum absolute atomic E-state index is 0.0614. The highest BCUT2D eigenvalue weighted by Gasteiger charge is 2.11. The molecule has 0 fully saturated rings. The zero-order valence-corrected chi connectivity index (χ0v) is 17.0. The van der Waals surface area contributed by atoms with Gasteiger partial charge in [-0.25, -0.2) is 4.98 Å². The lowest BCUT2D eigenvalue weighted by Gasteiger charge is -2.13. The smallest absolute Gasteiger partial charge is 0.234 e. The summed E-state index contributed by atoms with van der Waals surface area (Å²) in [5.74, 6) is 0.231. The number of nitrogens with one attached hydrogen (secondary N) is 1. The van der Waals surface area contributed by atoms with Crippen molar-refractivity contribution in [3.63, 3.8) is 0 Å². The summed E-state index contributed by atoms with van der Waals surface area (Å²) in [6, 6.07) is 15.4. The van der Waals surface area contributed by atoms with E-state index in [9.17, 15) is 4.79 Å². The van der Waals surface area contributed by atoms with Gasteiger partial charge in [0.05, 0.1) is 17.6 Å². The van der Waals surface area contributed by atoms with E-state index in [0.717, 1.165) is 27.8 Å². The molecule has 0 aliphatic carbocycles. The first-order valence-corrected chi connectivity index (χ1v) is 9.78. The summed E-state index contributed by atoms with van der Waals surface area (Å²) in [5, 5.41) is 4.40. The molecule has 0 bridgehead atoms. The largest absolute Gasteiger partial charge is 0.378 e. The lowest BCUT2D eigenvalue weighted by atomic mass is 10.2. The van der Waals surface area contributed by atoms with Crippen LogP contribution in [0.2, 0.25) is 5.02 Å². The standard InChI is InChI=1S/C20H21ClN4OS/c1-24(2)17-10-8-16(9-11-17)23-19(26)13-27-20-22-12-18(25(20)3)14-4-6-15(21)7-5-14/h4-12H,13H2,1-3H3,(H,23,26). The molecular formula is C20H21ClN4OS. The molecule has 0 aliphatic heterocycles. The fraction of sp³-hybridized carbons (Fsp3) is 0.200. The summed E-state index contributed by atoms with van der Waals surface area (Å²) in [6.07, 6.45) is 1.81. The average Bonchev–Trinajstić information content (AvgIpc) is 3.02. The summed E-state index contributed by atoms with van der Waals surface area (Å²) in [6.45, 7) is 0. The van der Waals surface area contributed by atoms with Gasteiger partial charge in [0.1, 0.15) is 0 Å². The van der Waals surface area contributed by atoms with Crippen LogP contribution in [0.1, 0.15) is 0 Å². The van der Waals surface area contributed by atoms with Crippen molar-refractivity contribution in [3.05, 3.63) is 59.8 Å². The number of halogens is 1. The number of nitrogens with zero attached hydrogens (tertiary/aromatic N) is 3. The molecule has 0 saturated heterocycles. The van der Waals surface area contributed by atoms with E-state index in [1.165, 1.54) is 11.8 Å². The second kappa shape index (κ2) is 8.50. The molecule has 2 aromatic carbocycles. The van der Waals surface area contributed by atoms with Gasteiger partial charge in [0.2, 0.25) is 5.91 Å². The minimum Gasteiger partial charge on any atom is -0.378 e. The molecule has 27 heavy (non-hydrogen) atoms. The second-order valence-corrected chi connectivity index (χ2v) is 7.65. The average molecular weight is 401 g/mol. The Morgan fingerprint density at radius 1 is 1.15 bits per heavy atom. The number of hydrogen-bond acceptors (Lipinski definition) is 4. The zero-order chi connectivity index (χ0) is 19.4. The molecule has 0 radical (unpaired) electrons. The summed E-state index contributed by atoms with van der Waals surface area (Å²) in [7, 11) is 5.90. The molecule has 0 spiro atoms. The quantitative estimate of drug-likeness (QED) is 0.617. The van der Waals surface area contributed by atoms with Crippen LogP contribution in [0, 0.1) is 0 Å². The fourth-order valence-corrected chi connectivity index (χ4v) is 3.46. The molecule has 140 valence electrons. The molecule has 1 amide bonds. The van der Waals surface area contributed by atoms with Crippen molar-refractivity contribution in [2.24, 2.45) is 7.05 Å². The maximum Gasteiger partial charge on any atom is 0.234 e. The highest BCUT2D eigenvalue weighted by Crippen LogP contribution is 2.26. The fourth-order valence-electron chi connectivity index (χ4n) is 2.59. The normalized spacial score (nSPS) is 10.7. The predicted molar refractivity (Wildman–Crippen MR) is 114 cm³/mol. The van der Waals surface area contributed by atoms with E-state index in [1.807, 2.05) is 85.3 Å². The molecule has 3 aromatic rings. The van der Waals surface area contributed by atoms with Crippen LogP contribution in [0.3, 0.4) is 0 Å². The van der Waals surface area contributed by atoms with Gasteiger partial charge in [-0.05, 0) is 42.0 Å². The third-order valence-electron chi connectivity index (χ3n) is 4.09. The number of hydrogen-bond donors (Lipinski definition) is 1. The Labute approximate surface area is 168 Å². The lowest BCUT2D eigenvalue weighted by Crippen LogP contribution is -2.15. The molecule has 1 aromatic heterocycles. The van der Waals surface area contributed by atoms with Crippen molar-refractivity contribution in [1.82, 2.24) is 9.55 Å². The van der Waals surface area contributed by atoms with E-state index >= 15 is 0 Å². The summed E-state index contributed by atoms with van der Waals surface area (Å²) in [4.78, 5) is 18.7. The molecule has 0 saturated carbocycles. The van der Waals surface area contributed by atoms with Crippen molar-refractivity contribution in [3.8, 4) is 11.3 Å². The third kappa shape index (κ3) is 4.84. The molecule has 1 N–H and O–H groups in total. The number of carbonyl (C=O) groups is 1. The first-order valence-electron chi connectivity index (χ1n) is 8.42. The van der Waals surface area contributed by atoms with Gasteiger partial charge in [-0.15, -0.1) is 0 Å². The predicted octanol–water partition coefficient (Wildman–Crippen LogP) is 4.54. The van der Waals surface area contributed by atoms with Crippen molar-refractivity contribution >= 4 is 40.6 Å². The molecule has 1 heterocycles. The van der Waals surface area contributed by atoms with Crippen LogP contribution >= 0.6 is 23.4 Å². The minimum atomic E-state index is -0.0614. The van der Waals surface area contributed by atoms with Crippen LogP contribution in [0.4, 0.5) is 11.4 Å². The van der Waals surface area contributed by atoms with Crippen molar-refractivity contribution < 1.29 is 4.79 Å². The van der Waals surface area contributed by atoms with Crippen LogP contribution in [-0.2, 0) is 11.8 Å². The molecular weight excluding hydrogens is 380 g/mol. The third-order valence-corrected chi connectivity index (χ3v) is 5.38. The number of rotatable bonds is 6. The Kier molecular flexibility index (Phi) is 6.08. The Morgan fingerprint density at radius 3 is 2.44 bits per heavy atom. The van der Waals surface area contributed by atoms with Gasteiger partial charge >= 0.3 is 0 Å². The number of thioether (sulfide) groups is 1. The van der Waals surface area contributed by atoms with Crippen molar-refractivity contribution in [1.29, 1.82) is 0 Å². The Morgan fingerprint density at radius 2 is 1.81 bits per heavy atom. The van der Waals surface area contributed by atoms with Crippen LogP contribution < -0.4 is 10.2 Å². The van der Waals surface area contributed by atoms with Gasteiger partial charge in [0, 0.05) is 37.5 Å². The van der Waals surface area contributed by atoms with E-state index in [0.29, 0.717) is 10.8 Å². The Balaban J connectivity index is 1.60. The maximum absolute atomic E-state index is 12.2. The molecule has 0 unspecified atom stereocenters. The van der Waals surface area contributed by atoms with E-state index < -0.39 is 0 Å².